The molecule has 0 spiro atoms. The lowest BCUT2D eigenvalue weighted by molar-refractivity contribution is 0.136. The fourth-order valence-corrected chi connectivity index (χ4v) is 1.41. The minimum Gasteiger partial charge on any atom is -0.470 e. The number of hydrogen-bond donors (Lipinski definition) is 1. The highest BCUT2D eigenvalue weighted by atomic mass is 19.1. The molecule has 2 atom stereocenters. The van der Waals surface area contributed by atoms with Crippen molar-refractivity contribution in [2.24, 2.45) is 5.73 Å². The van der Waals surface area contributed by atoms with Gasteiger partial charge in [-0.05, 0) is 13.0 Å². The van der Waals surface area contributed by atoms with Gasteiger partial charge in [-0.1, -0.05) is 0 Å². The molecule has 15 heavy (non-hydrogen) atoms. The summed E-state index contributed by atoms with van der Waals surface area (Å²) in [6.07, 6.45) is -0.192. The molecule has 5 heteroatoms. The summed E-state index contributed by atoms with van der Waals surface area (Å²) in [6, 6.07) is 2.68. The Morgan fingerprint density at radius 1 is 1.53 bits per heavy atom. The van der Waals surface area contributed by atoms with E-state index in [9.17, 15) is 4.39 Å². The molecule has 0 aromatic carbocycles. The van der Waals surface area contributed by atoms with Crippen LogP contribution >= 0.6 is 0 Å². The third kappa shape index (κ3) is 2.24. The molecule has 0 radical (unpaired) electrons. The van der Waals surface area contributed by atoms with Crippen molar-refractivity contribution in [3.63, 3.8) is 0 Å². The zero-order valence-electron chi connectivity index (χ0n) is 8.44. The molecular weight excluding hydrogens is 199 g/mol. The molecule has 4 nitrogen and oxygen atoms in total. The van der Waals surface area contributed by atoms with Gasteiger partial charge in [-0.3, -0.25) is 0 Å². The van der Waals surface area contributed by atoms with Crippen LogP contribution in [0.15, 0.2) is 12.1 Å². The summed E-state index contributed by atoms with van der Waals surface area (Å²) in [4.78, 5) is 3.96. The van der Waals surface area contributed by atoms with Crippen molar-refractivity contribution >= 4 is 0 Å². The van der Waals surface area contributed by atoms with Crippen LogP contribution in [0.25, 0.3) is 0 Å². The van der Waals surface area contributed by atoms with Gasteiger partial charge in [-0.25, -0.2) is 9.37 Å². The molecule has 0 aliphatic carbocycles. The topological polar surface area (TPSA) is 57.4 Å². The molecule has 2 unspecified atom stereocenters. The largest absolute Gasteiger partial charge is 0.470 e. The van der Waals surface area contributed by atoms with Crippen LogP contribution in [-0.2, 0) is 4.74 Å². The third-order valence-electron chi connectivity index (χ3n) is 2.34. The van der Waals surface area contributed by atoms with E-state index in [1.807, 2.05) is 0 Å². The van der Waals surface area contributed by atoms with Crippen LogP contribution in [0.5, 0.6) is 5.88 Å². The molecule has 2 N–H and O–H groups in total. The maximum atomic E-state index is 12.9. The number of aryl methyl sites for hydroxylation is 1. The van der Waals surface area contributed by atoms with Gasteiger partial charge in [0.05, 0.1) is 24.9 Å². The van der Waals surface area contributed by atoms with Crippen molar-refractivity contribution in [3.8, 4) is 5.88 Å². The van der Waals surface area contributed by atoms with Crippen molar-refractivity contribution in [1.82, 2.24) is 4.98 Å². The average molecular weight is 212 g/mol. The number of nitrogens with two attached hydrogens (primary N) is 1. The Morgan fingerprint density at radius 2 is 2.33 bits per heavy atom. The van der Waals surface area contributed by atoms with Crippen molar-refractivity contribution in [3.05, 3.63) is 23.6 Å². The number of hydrogen-bond acceptors (Lipinski definition) is 4. The van der Waals surface area contributed by atoms with E-state index in [-0.39, 0.29) is 18.0 Å². The van der Waals surface area contributed by atoms with Crippen LogP contribution in [0.3, 0.4) is 0 Å². The van der Waals surface area contributed by atoms with Gasteiger partial charge in [0.2, 0.25) is 5.88 Å². The zero-order chi connectivity index (χ0) is 10.8. The summed E-state index contributed by atoms with van der Waals surface area (Å²) < 4.78 is 23.6. The molecule has 1 aliphatic rings. The number of pyridine rings is 1. The SMILES string of the molecule is Cc1nc(OC2COCC2N)ccc1F. The highest BCUT2D eigenvalue weighted by Gasteiger charge is 2.27. The van der Waals surface area contributed by atoms with Crippen LogP contribution in [0.4, 0.5) is 4.39 Å². The molecular formula is C10H13FN2O2. The summed E-state index contributed by atoms with van der Waals surface area (Å²) in [7, 11) is 0. The minimum atomic E-state index is -0.339. The number of ether oxygens (including phenoxy) is 2. The minimum absolute atomic E-state index is 0.142. The first-order valence-electron chi connectivity index (χ1n) is 4.80. The summed E-state index contributed by atoms with van der Waals surface area (Å²) in [5.41, 5.74) is 6.06. The molecule has 82 valence electrons. The fourth-order valence-electron chi connectivity index (χ4n) is 1.41. The van der Waals surface area contributed by atoms with E-state index in [0.29, 0.717) is 24.8 Å². The Balaban J connectivity index is 2.07. The van der Waals surface area contributed by atoms with Crippen molar-refractivity contribution in [2.75, 3.05) is 13.2 Å². The first-order chi connectivity index (χ1) is 7.16. The van der Waals surface area contributed by atoms with E-state index in [2.05, 4.69) is 4.98 Å². The Kier molecular flexibility index (Phi) is 2.83. The quantitative estimate of drug-likeness (QED) is 0.781. The molecule has 0 saturated carbocycles. The van der Waals surface area contributed by atoms with Crippen molar-refractivity contribution in [1.29, 1.82) is 0 Å². The van der Waals surface area contributed by atoms with Gasteiger partial charge in [0.25, 0.3) is 0 Å². The maximum Gasteiger partial charge on any atom is 0.214 e. The lowest BCUT2D eigenvalue weighted by Crippen LogP contribution is -2.37. The Hall–Kier alpha value is -1.20. The van der Waals surface area contributed by atoms with Crippen LogP contribution in [0, 0.1) is 12.7 Å². The van der Waals surface area contributed by atoms with E-state index in [1.165, 1.54) is 12.1 Å². The van der Waals surface area contributed by atoms with Crippen LogP contribution in [-0.4, -0.2) is 30.3 Å². The molecule has 0 bridgehead atoms. The maximum absolute atomic E-state index is 12.9. The van der Waals surface area contributed by atoms with Gasteiger partial charge >= 0.3 is 0 Å². The standard InChI is InChI=1S/C10H13FN2O2/c1-6-7(11)2-3-10(13-6)15-9-5-14-4-8(9)12/h2-3,8-9H,4-5,12H2,1H3. The first kappa shape index (κ1) is 10.3. The molecule has 0 amide bonds. The van der Waals surface area contributed by atoms with Crippen molar-refractivity contribution < 1.29 is 13.9 Å². The van der Waals surface area contributed by atoms with Crippen LogP contribution < -0.4 is 10.5 Å². The molecule has 1 aromatic heterocycles. The summed E-state index contributed by atoms with van der Waals surface area (Å²) >= 11 is 0. The van der Waals surface area contributed by atoms with Gasteiger partial charge < -0.3 is 15.2 Å². The molecule has 1 saturated heterocycles. The zero-order valence-corrected chi connectivity index (χ0v) is 8.44. The smallest absolute Gasteiger partial charge is 0.214 e. The predicted octanol–water partition coefficient (Wildman–Crippen LogP) is 0.634. The van der Waals surface area contributed by atoms with Crippen LogP contribution in [0.1, 0.15) is 5.69 Å². The summed E-state index contributed by atoms with van der Waals surface area (Å²) in [5, 5.41) is 0. The highest BCUT2D eigenvalue weighted by Crippen LogP contribution is 2.15. The van der Waals surface area contributed by atoms with Gasteiger partial charge in [-0.15, -0.1) is 0 Å². The number of halogens is 1. The average Bonchev–Trinajstić information content (AvgIpc) is 2.59. The fraction of sp³-hybridized carbons (Fsp3) is 0.500. The second-order valence-corrected chi connectivity index (χ2v) is 3.57. The number of aromatic nitrogens is 1. The molecule has 2 heterocycles. The lowest BCUT2D eigenvalue weighted by Gasteiger charge is -2.15. The van der Waals surface area contributed by atoms with E-state index in [1.54, 1.807) is 6.92 Å². The molecule has 1 aromatic rings. The lowest BCUT2D eigenvalue weighted by atomic mass is 10.2. The monoisotopic (exact) mass is 212 g/mol. The van der Waals surface area contributed by atoms with Gasteiger partial charge in [-0.2, -0.15) is 0 Å². The Labute approximate surface area is 87.2 Å². The highest BCUT2D eigenvalue weighted by molar-refractivity contribution is 5.17. The summed E-state index contributed by atoms with van der Waals surface area (Å²) in [6.45, 7) is 2.54. The summed E-state index contributed by atoms with van der Waals surface area (Å²) in [5.74, 6) is 0.0502. The number of nitrogens with zero attached hydrogens (tertiary/aromatic N) is 1. The van der Waals surface area contributed by atoms with E-state index in [4.69, 9.17) is 15.2 Å². The molecule has 2 rings (SSSR count). The van der Waals surface area contributed by atoms with E-state index >= 15 is 0 Å². The number of rotatable bonds is 2. The predicted molar refractivity (Wildman–Crippen MR) is 52.1 cm³/mol. The van der Waals surface area contributed by atoms with Gasteiger partial charge in [0, 0.05) is 6.07 Å². The molecule has 1 fully saturated rings. The first-order valence-corrected chi connectivity index (χ1v) is 4.80. The van der Waals surface area contributed by atoms with Crippen LogP contribution in [0.2, 0.25) is 0 Å². The van der Waals surface area contributed by atoms with E-state index in [0.717, 1.165) is 0 Å². The third-order valence-corrected chi connectivity index (χ3v) is 2.34. The van der Waals surface area contributed by atoms with E-state index < -0.39 is 0 Å². The Bertz CT molecular complexity index is 359. The van der Waals surface area contributed by atoms with Crippen molar-refractivity contribution in [2.45, 2.75) is 19.1 Å². The molecule has 1 aliphatic heterocycles. The van der Waals surface area contributed by atoms with Gasteiger partial charge in [0.15, 0.2) is 0 Å². The Morgan fingerprint density at radius 3 is 2.93 bits per heavy atom. The van der Waals surface area contributed by atoms with Gasteiger partial charge in [0.1, 0.15) is 11.9 Å². The second-order valence-electron chi connectivity index (χ2n) is 3.57. The second kappa shape index (κ2) is 4.12. The normalized spacial score (nSPS) is 25.5.